The molecule has 0 bridgehead atoms. The normalized spacial score (nSPS) is 23.1. The van der Waals surface area contributed by atoms with Gasteiger partial charge in [-0.3, -0.25) is 0 Å². The minimum Gasteiger partial charge on any atom is -0.390 e. The molecule has 2 atom stereocenters. The highest BCUT2D eigenvalue weighted by Crippen LogP contribution is 2.39. The molecule has 2 aliphatic heterocycles. The molecule has 0 spiro atoms. The first kappa shape index (κ1) is 28.0. The summed E-state index contributed by atoms with van der Waals surface area (Å²) < 4.78 is 30.0. The summed E-state index contributed by atoms with van der Waals surface area (Å²) in [5, 5.41) is 11.1. The minimum absolute atomic E-state index is 0.0356. The maximum absolute atomic E-state index is 12.1. The fourth-order valence-electron chi connectivity index (χ4n) is 4.14. The van der Waals surface area contributed by atoms with Crippen molar-refractivity contribution in [1.29, 1.82) is 0 Å². The molecule has 0 aromatic carbocycles. The van der Waals surface area contributed by atoms with Gasteiger partial charge >= 0.3 is 0 Å². The summed E-state index contributed by atoms with van der Waals surface area (Å²) in [6.45, 7) is 4.21. The smallest absolute Gasteiger partial charge is 0.168 e. The van der Waals surface area contributed by atoms with Crippen molar-refractivity contribution in [2.45, 2.75) is 52.9 Å². The van der Waals surface area contributed by atoms with Crippen LogP contribution in [-0.4, -0.2) is 76.5 Å². The Labute approximate surface area is 234 Å². The molecule has 2 saturated heterocycles. The Bertz CT molecular complexity index is 1190. The lowest BCUT2D eigenvalue weighted by atomic mass is 10.2. The van der Waals surface area contributed by atoms with Crippen LogP contribution in [0.3, 0.4) is 0 Å². The minimum atomic E-state index is -3.16. The van der Waals surface area contributed by atoms with Crippen LogP contribution in [0, 0.1) is 6.92 Å². The molecule has 2 fully saturated rings. The van der Waals surface area contributed by atoms with E-state index in [2.05, 4.69) is 32.5 Å². The molecular weight excluding hydrogens is 639 g/mol. The Balaban J connectivity index is 1.59. The molecule has 0 saturated carbocycles. The summed E-state index contributed by atoms with van der Waals surface area (Å²) in [5.74, 6) is 1.17. The van der Waals surface area contributed by atoms with Gasteiger partial charge in [0.05, 0.1) is 23.1 Å². The Morgan fingerprint density at radius 1 is 1.25 bits per heavy atom. The van der Waals surface area contributed by atoms with Gasteiger partial charge in [0, 0.05) is 43.4 Å². The molecule has 0 unspecified atom stereocenters. The maximum atomic E-state index is 12.1. The zero-order chi connectivity index (χ0) is 25.9. The molecule has 10 nitrogen and oxygen atoms in total. The lowest BCUT2D eigenvalue weighted by Crippen LogP contribution is -2.38. The molecule has 0 radical (unpaired) electrons. The van der Waals surface area contributed by atoms with Crippen LogP contribution in [0.1, 0.15) is 30.7 Å². The third-order valence-electron chi connectivity index (χ3n) is 6.02. The van der Waals surface area contributed by atoms with E-state index < -0.39 is 9.84 Å². The number of alkyl halides is 1. The second-order valence-electron chi connectivity index (χ2n) is 8.80. The van der Waals surface area contributed by atoms with Crippen molar-refractivity contribution in [3.8, 4) is 0 Å². The highest BCUT2D eigenvalue weighted by atomic mass is 127. The number of aliphatic hydroxyl groups is 1. The largest absolute Gasteiger partial charge is 0.390 e. The standard InChI is InChI=1S/C22H30ClIN6O4S2/c1-14-22(35-17-4-6-26-21(18(17)23)30-8-3-11-36(32,33)13-30)28-16(12-31)20(27-14)29-7-2-10-34-19(24)15(25)5-9-29/h4,6,15,19,31H,2-3,5,7-13,25H2,1H3/t15-,19+/m0/s1. The molecule has 36 heavy (non-hydrogen) atoms. The van der Waals surface area contributed by atoms with Crippen LogP contribution in [0.2, 0.25) is 5.02 Å². The molecule has 2 aromatic heterocycles. The van der Waals surface area contributed by atoms with E-state index in [1.165, 1.54) is 11.8 Å². The molecular formula is C22H30ClIN6O4S2. The number of halogens is 2. The summed E-state index contributed by atoms with van der Waals surface area (Å²) in [6.07, 6.45) is 3.70. The lowest BCUT2D eigenvalue weighted by Gasteiger charge is -2.28. The zero-order valence-corrected chi connectivity index (χ0v) is 24.5. The maximum Gasteiger partial charge on any atom is 0.168 e. The van der Waals surface area contributed by atoms with Crippen LogP contribution in [0.5, 0.6) is 0 Å². The van der Waals surface area contributed by atoms with Gasteiger partial charge in [0.1, 0.15) is 26.5 Å². The fraction of sp³-hybridized carbons (Fsp3) is 0.591. The molecule has 0 aliphatic carbocycles. The predicted octanol–water partition coefficient (Wildman–Crippen LogP) is 2.76. The Hall–Kier alpha value is -0.970. The van der Waals surface area contributed by atoms with Crippen LogP contribution in [0.25, 0.3) is 0 Å². The van der Waals surface area contributed by atoms with E-state index in [1.54, 1.807) is 17.2 Å². The van der Waals surface area contributed by atoms with Gasteiger partial charge in [0.25, 0.3) is 0 Å². The van der Waals surface area contributed by atoms with Crippen molar-refractivity contribution >= 4 is 67.4 Å². The van der Waals surface area contributed by atoms with E-state index in [0.29, 0.717) is 64.1 Å². The van der Waals surface area contributed by atoms with E-state index in [9.17, 15) is 13.5 Å². The van der Waals surface area contributed by atoms with Crippen LogP contribution in [0.15, 0.2) is 22.2 Å². The first-order valence-corrected chi connectivity index (χ1v) is 16.0. The van der Waals surface area contributed by atoms with Crippen molar-refractivity contribution in [2.75, 3.05) is 47.7 Å². The van der Waals surface area contributed by atoms with E-state index in [0.717, 1.165) is 19.4 Å². The molecule has 2 aromatic rings. The van der Waals surface area contributed by atoms with Crippen molar-refractivity contribution in [3.05, 3.63) is 28.7 Å². The second kappa shape index (κ2) is 12.3. The molecule has 14 heteroatoms. The summed E-state index contributed by atoms with van der Waals surface area (Å²) >= 11 is 10.2. The van der Waals surface area contributed by atoms with Gasteiger partial charge in [-0.25, -0.2) is 23.4 Å². The van der Waals surface area contributed by atoms with Gasteiger partial charge in [-0.2, -0.15) is 0 Å². The van der Waals surface area contributed by atoms with Gasteiger partial charge in [-0.1, -0.05) is 23.4 Å². The second-order valence-corrected chi connectivity index (χ2v) is 13.6. The molecule has 3 N–H and O–H groups in total. The topological polar surface area (TPSA) is 135 Å². The third-order valence-corrected chi connectivity index (χ3v) is 10.5. The fourth-order valence-corrected chi connectivity index (χ4v) is 7.40. The summed E-state index contributed by atoms with van der Waals surface area (Å²) in [7, 11) is -3.16. The zero-order valence-electron chi connectivity index (χ0n) is 19.9. The van der Waals surface area contributed by atoms with Gasteiger partial charge in [0.2, 0.25) is 0 Å². The van der Waals surface area contributed by atoms with Crippen LogP contribution in [0.4, 0.5) is 11.6 Å². The van der Waals surface area contributed by atoms with E-state index in [-0.39, 0.29) is 28.4 Å². The van der Waals surface area contributed by atoms with Gasteiger partial charge in [0.15, 0.2) is 15.7 Å². The molecule has 4 heterocycles. The molecule has 4 rings (SSSR count). The number of aliphatic hydroxyl groups excluding tert-OH is 1. The van der Waals surface area contributed by atoms with Gasteiger partial charge in [-0.15, -0.1) is 0 Å². The number of anilines is 2. The number of sulfone groups is 1. The van der Waals surface area contributed by atoms with Crippen molar-refractivity contribution in [1.82, 2.24) is 15.0 Å². The number of hydrogen-bond acceptors (Lipinski definition) is 11. The average molecular weight is 669 g/mol. The van der Waals surface area contributed by atoms with E-state index in [1.807, 2.05) is 6.92 Å². The Morgan fingerprint density at radius 3 is 2.78 bits per heavy atom. The van der Waals surface area contributed by atoms with Gasteiger partial charge < -0.3 is 25.4 Å². The first-order chi connectivity index (χ1) is 17.2. The SMILES string of the molecule is Cc1nc(N2CCCO[C@@H](I)[C@@H](N)CC2)c(CO)nc1Sc1ccnc(N2CCCS(=O)(=O)C2)c1Cl. The summed E-state index contributed by atoms with van der Waals surface area (Å²) in [6, 6.07) is 1.68. The number of rotatable bonds is 5. The van der Waals surface area contributed by atoms with Gasteiger partial charge in [-0.05, 0) is 54.8 Å². The Kier molecular flexibility index (Phi) is 9.55. The monoisotopic (exact) mass is 668 g/mol. The summed E-state index contributed by atoms with van der Waals surface area (Å²) in [4.78, 5) is 18.4. The van der Waals surface area contributed by atoms with Crippen molar-refractivity contribution < 1.29 is 18.3 Å². The third kappa shape index (κ3) is 6.72. The quantitative estimate of drug-likeness (QED) is 0.360. The number of nitrogens with two attached hydrogens (primary N) is 1. The Morgan fingerprint density at radius 2 is 2.03 bits per heavy atom. The van der Waals surface area contributed by atoms with E-state index in [4.69, 9.17) is 32.0 Å². The van der Waals surface area contributed by atoms with E-state index >= 15 is 0 Å². The number of aromatic nitrogens is 3. The number of hydrogen-bond donors (Lipinski definition) is 2. The number of nitrogens with zero attached hydrogens (tertiary/aromatic N) is 5. The lowest BCUT2D eigenvalue weighted by molar-refractivity contribution is 0.108. The highest BCUT2D eigenvalue weighted by Gasteiger charge is 2.27. The first-order valence-electron chi connectivity index (χ1n) is 11.7. The van der Waals surface area contributed by atoms with Crippen LogP contribution >= 0.6 is 46.0 Å². The molecule has 198 valence electrons. The predicted molar refractivity (Wildman–Crippen MR) is 150 cm³/mol. The van der Waals surface area contributed by atoms with Crippen molar-refractivity contribution in [3.63, 3.8) is 0 Å². The van der Waals surface area contributed by atoms with Crippen LogP contribution in [-0.2, 0) is 21.2 Å². The van der Waals surface area contributed by atoms with Crippen molar-refractivity contribution in [2.24, 2.45) is 5.73 Å². The summed E-state index contributed by atoms with van der Waals surface area (Å²) in [5.41, 5.74) is 7.45. The number of ether oxygens (including phenoxy) is 1. The number of aryl methyl sites for hydroxylation is 1. The van der Waals surface area contributed by atoms with Crippen LogP contribution < -0.4 is 15.5 Å². The molecule has 2 aliphatic rings. The highest BCUT2D eigenvalue weighted by molar-refractivity contribution is 14.1. The molecule has 0 amide bonds. The number of pyridine rings is 1. The average Bonchev–Trinajstić information content (AvgIpc) is 2.92.